The second kappa shape index (κ2) is 7.07. The van der Waals surface area contributed by atoms with Gasteiger partial charge in [-0.2, -0.15) is 0 Å². The first-order valence-electron chi connectivity index (χ1n) is 6.20. The van der Waals surface area contributed by atoms with Crippen LogP contribution < -0.4 is 11.1 Å². The molecule has 3 N–H and O–H groups in total. The van der Waals surface area contributed by atoms with Crippen molar-refractivity contribution in [1.82, 2.24) is 0 Å². The Morgan fingerprint density at radius 3 is 2.57 bits per heavy atom. The SMILES string of the molecule is Cc1ccc(N)cc1SCC(=O)Nc1c(Cl)cccc1Cl. The van der Waals surface area contributed by atoms with E-state index in [1.165, 1.54) is 11.8 Å². The van der Waals surface area contributed by atoms with E-state index >= 15 is 0 Å². The van der Waals surface area contributed by atoms with Crippen LogP contribution >= 0.6 is 35.0 Å². The number of halogens is 2. The lowest BCUT2D eigenvalue weighted by molar-refractivity contribution is -0.113. The van der Waals surface area contributed by atoms with Gasteiger partial charge in [0.25, 0.3) is 0 Å². The lowest BCUT2D eigenvalue weighted by atomic mass is 10.2. The average Bonchev–Trinajstić information content (AvgIpc) is 2.44. The van der Waals surface area contributed by atoms with Crippen LogP contribution in [-0.4, -0.2) is 11.7 Å². The number of thioether (sulfide) groups is 1. The van der Waals surface area contributed by atoms with Crippen LogP contribution in [-0.2, 0) is 4.79 Å². The van der Waals surface area contributed by atoms with Crippen LogP contribution in [0.25, 0.3) is 0 Å². The standard InChI is InChI=1S/C15H14Cl2N2OS/c1-9-5-6-10(18)7-13(9)21-8-14(20)19-15-11(16)3-2-4-12(15)17/h2-7H,8,18H2,1H3,(H,19,20). The quantitative estimate of drug-likeness (QED) is 0.630. The molecule has 2 aromatic rings. The summed E-state index contributed by atoms with van der Waals surface area (Å²) >= 11 is 13.5. The summed E-state index contributed by atoms with van der Waals surface area (Å²) in [5, 5.41) is 3.56. The van der Waals surface area contributed by atoms with Crippen molar-refractivity contribution in [1.29, 1.82) is 0 Å². The van der Waals surface area contributed by atoms with Gasteiger partial charge in [-0.1, -0.05) is 35.3 Å². The van der Waals surface area contributed by atoms with Gasteiger partial charge in [-0.25, -0.2) is 0 Å². The number of hydrogen-bond acceptors (Lipinski definition) is 3. The molecule has 0 heterocycles. The Kier molecular flexibility index (Phi) is 5.39. The largest absolute Gasteiger partial charge is 0.399 e. The lowest BCUT2D eigenvalue weighted by Crippen LogP contribution is -2.14. The Bertz CT molecular complexity index is 656. The van der Waals surface area contributed by atoms with Crippen LogP contribution in [0.15, 0.2) is 41.3 Å². The maximum atomic E-state index is 12.0. The highest BCUT2D eigenvalue weighted by Gasteiger charge is 2.10. The summed E-state index contributed by atoms with van der Waals surface area (Å²) in [5.41, 5.74) is 7.95. The molecule has 0 unspecified atom stereocenters. The first-order chi connectivity index (χ1) is 9.97. The highest BCUT2D eigenvalue weighted by atomic mass is 35.5. The van der Waals surface area contributed by atoms with Crippen molar-refractivity contribution in [2.75, 3.05) is 16.8 Å². The van der Waals surface area contributed by atoms with E-state index in [1.807, 2.05) is 25.1 Å². The maximum Gasteiger partial charge on any atom is 0.234 e. The predicted octanol–water partition coefficient (Wildman–Crippen LogP) is 4.61. The molecule has 0 aromatic heterocycles. The van der Waals surface area contributed by atoms with Gasteiger partial charge >= 0.3 is 0 Å². The summed E-state index contributed by atoms with van der Waals surface area (Å²) in [4.78, 5) is 13.0. The minimum Gasteiger partial charge on any atom is -0.399 e. The Labute approximate surface area is 137 Å². The van der Waals surface area contributed by atoms with Gasteiger partial charge in [0.15, 0.2) is 0 Å². The fourth-order valence-electron chi connectivity index (χ4n) is 1.71. The Hall–Kier alpha value is -1.36. The normalized spacial score (nSPS) is 10.4. The van der Waals surface area contributed by atoms with E-state index in [2.05, 4.69) is 5.32 Å². The zero-order valence-corrected chi connectivity index (χ0v) is 13.6. The van der Waals surface area contributed by atoms with Crippen LogP contribution in [0, 0.1) is 6.92 Å². The molecule has 0 saturated heterocycles. The molecule has 0 atom stereocenters. The van der Waals surface area contributed by atoms with Crippen molar-refractivity contribution in [3.63, 3.8) is 0 Å². The molecule has 0 saturated carbocycles. The fourth-order valence-corrected chi connectivity index (χ4v) is 3.07. The molecule has 0 bridgehead atoms. The minimum atomic E-state index is -0.170. The van der Waals surface area contributed by atoms with Gasteiger partial charge in [-0.3, -0.25) is 4.79 Å². The Morgan fingerprint density at radius 1 is 1.24 bits per heavy atom. The van der Waals surface area contributed by atoms with Crippen molar-refractivity contribution in [2.24, 2.45) is 0 Å². The van der Waals surface area contributed by atoms with E-state index in [0.29, 0.717) is 21.4 Å². The summed E-state index contributed by atoms with van der Waals surface area (Å²) in [7, 11) is 0. The molecule has 0 aliphatic carbocycles. The van der Waals surface area contributed by atoms with Crippen LogP contribution in [0.1, 0.15) is 5.56 Å². The van der Waals surface area contributed by atoms with Crippen molar-refractivity contribution >= 4 is 52.2 Å². The molecular weight excluding hydrogens is 327 g/mol. The molecule has 0 aliphatic rings. The van der Waals surface area contributed by atoms with E-state index in [-0.39, 0.29) is 11.7 Å². The van der Waals surface area contributed by atoms with E-state index in [4.69, 9.17) is 28.9 Å². The van der Waals surface area contributed by atoms with Gasteiger partial charge < -0.3 is 11.1 Å². The molecule has 6 heteroatoms. The minimum absolute atomic E-state index is 0.170. The number of rotatable bonds is 4. The highest BCUT2D eigenvalue weighted by molar-refractivity contribution is 8.00. The smallest absolute Gasteiger partial charge is 0.234 e. The van der Waals surface area contributed by atoms with Gasteiger partial charge in [-0.05, 0) is 36.8 Å². The molecule has 110 valence electrons. The highest BCUT2D eigenvalue weighted by Crippen LogP contribution is 2.30. The van der Waals surface area contributed by atoms with E-state index < -0.39 is 0 Å². The number of hydrogen-bond donors (Lipinski definition) is 2. The number of carbonyl (C=O) groups is 1. The number of anilines is 2. The third kappa shape index (κ3) is 4.30. The zero-order chi connectivity index (χ0) is 15.4. The summed E-state index contributed by atoms with van der Waals surface area (Å²) in [5.74, 6) is 0.0862. The van der Waals surface area contributed by atoms with Crippen LogP contribution in [0.3, 0.4) is 0 Å². The third-order valence-corrected chi connectivity index (χ3v) is 4.59. The summed E-state index contributed by atoms with van der Waals surface area (Å²) in [6.45, 7) is 1.98. The Balaban J connectivity index is 2.01. The van der Waals surface area contributed by atoms with E-state index in [1.54, 1.807) is 18.2 Å². The number of nitrogens with two attached hydrogens (primary N) is 1. The van der Waals surface area contributed by atoms with Crippen molar-refractivity contribution < 1.29 is 4.79 Å². The van der Waals surface area contributed by atoms with Crippen molar-refractivity contribution in [3.8, 4) is 0 Å². The van der Waals surface area contributed by atoms with Gasteiger partial charge in [0.05, 0.1) is 21.5 Å². The molecular formula is C15H14Cl2N2OS. The first kappa shape index (κ1) is 16.0. The monoisotopic (exact) mass is 340 g/mol. The fraction of sp³-hybridized carbons (Fsp3) is 0.133. The van der Waals surface area contributed by atoms with Crippen LogP contribution in [0.2, 0.25) is 10.0 Å². The molecule has 2 aromatic carbocycles. The second-order valence-electron chi connectivity index (χ2n) is 4.46. The molecule has 2 rings (SSSR count). The topological polar surface area (TPSA) is 55.1 Å². The van der Waals surface area contributed by atoms with Crippen molar-refractivity contribution in [2.45, 2.75) is 11.8 Å². The number of nitrogen functional groups attached to an aromatic ring is 1. The third-order valence-electron chi connectivity index (χ3n) is 2.80. The van der Waals surface area contributed by atoms with E-state index in [9.17, 15) is 4.79 Å². The maximum absolute atomic E-state index is 12.0. The molecule has 21 heavy (non-hydrogen) atoms. The number of para-hydroxylation sites is 1. The van der Waals surface area contributed by atoms with Gasteiger partial charge in [0.1, 0.15) is 0 Å². The predicted molar refractivity (Wildman–Crippen MR) is 91.4 cm³/mol. The lowest BCUT2D eigenvalue weighted by Gasteiger charge is -2.10. The van der Waals surface area contributed by atoms with Crippen LogP contribution in [0.4, 0.5) is 11.4 Å². The molecule has 1 amide bonds. The van der Waals surface area contributed by atoms with E-state index in [0.717, 1.165) is 10.5 Å². The van der Waals surface area contributed by atoms with Gasteiger partial charge in [0, 0.05) is 10.6 Å². The summed E-state index contributed by atoms with van der Waals surface area (Å²) < 4.78 is 0. The van der Waals surface area contributed by atoms with Gasteiger partial charge in [-0.15, -0.1) is 11.8 Å². The summed E-state index contributed by atoms with van der Waals surface area (Å²) in [6, 6.07) is 10.7. The average molecular weight is 341 g/mol. The Morgan fingerprint density at radius 2 is 1.90 bits per heavy atom. The molecule has 0 radical (unpaired) electrons. The van der Waals surface area contributed by atoms with Crippen molar-refractivity contribution in [3.05, 3.63) is 52.0 Å². The number of aryl methyl sites for hydroxylation is 1. The molecule has 0 spiro atoms. The first-order valence-corrected chi connectivity index (χ1v) is 7.94. The van der Waals surface area contributed by atoms with Crippen LogP contribution in [0.5, 0.6) is 0 Å². The number of carbonyl (C=O) groups excluding carboxylic acids is 1. The number of nitrogens with one attached hydrogen (secondary N) is 1. The molecule has 0 fully saturated rings. The molecule has 3 nitrogen and oxygen atoms in total. The molecule has 0 aliphatic heterocycles. The van der Waals surface area contributed by atoms with Gasteiger partial charge in [0.2, 0.25) is 5.91 Å². The number of benzene rings is 2. The second-order valence-corrected chi connectivity index (χ2v) is 6.29. The zero-order valence-electron chi connectivity index (χ0n) is 11.3. The number of amides is 1. The summed E-state index contributed by atoms with van der Waals surface area (Å²) in [6.07, 6.45) is 0.